The maximum atomic E-state index is 13.6. The number of H-pyrrole nitrogens is 2. The number of hydrogen-bond acceptors (Lipinski definition) is 31. The van der Waals surface area contributed by atoms with E-state index in [1.165, 1.54) is 22.5 Å². The summed E-state index contributed by atoms with van der Waals surface area (Å²) >= 11 is 0. The first kappa shape index (κ1) is 55.3. The quantitative estimate of drug-likeness (QED) is 0.0213. The van der Waals surface area contributed by atoms with Crippen molar-refractivity contribution in [1.82, 2.24) is 53.6 Å². The van der Waals surface area contributed by atoms with Gasteiger partial charge in [-0.15, -0.1) is 0 Å². The summed E-state index contributed by atoms with van der Waals surface area (Å²) in [4.78, 5) is 102. The molecule has 0 saturated carbocycles. The van der Waals surface area contributed by atoms with Gasteiger partial charge in [-0.2, -0.15) is 4.98 Å². The molecule has 6 unspecified atom stereocenters. The zero-order valence-corrected chi connectivity index (χ0v) is 41.2. The third-order valence-corrected chi connectivity index (χ3v) is 16.0. The van der Waals surface area contributed by atoms with Gasteiger partial charge in [0, 0.05) is 7.11 Å². The second-order valence-electron chi connectivity index (χ2n) is 15.7. The molecule has 0 aromatic carbocycles. The lowest BCUT2D eigenvalue weighted by atomic mass is 10.1. The first-order valence-corrected chi connectivity index (χ1v) is 26.7. The minimum Gasteiger partial charge on any atom is -0.756 e. The van der Waals surface area contributed by atoms with E-state index in [2.05, 4.69) is 53.0 Å². The number of ether oxygens (including phenoxy) is 4. The summed E-state index contributed by atoms with van der Waals surface area (Å²) in [5.74, 6) is -0.426. The van der Waals surface area contributed by atoms with Gasteiger partial charge in [0.05, 0.1) is 46.1 Å². The molecule has 14 atom stereocenters. The lowest BCUT2D eigenvalue weighted by molar-refractivity contribution is -0.746. The molecular formula is C32H42N14O24P4-2. The number of nitrogens with one attached hydrogen (secondary N) is 2. The van der Waals surface area contributed by atoms with Crippen molar-refractivity contribution in [3.63, 3.8) is 0 Å². The summed E-state index contributed by atoms with van der Waals surface area (Å²) in [5.41, 5.74) is 9.91. The van der Waals surface area contributed by atoms with Crippen molar-refractivity contribution in [3.8, 4) is 0 Å². The van der Waals surface area contributed by atoms with E-state index in [0.717, 1.165) is 41.6 Å². The van der Waals surface area contributed by atoms with Gasteiger partial charge < -0.3 is 79.5 Å². The number of hydrogen-bond donors (Lipinski definition) is 9. The van der Waals surface area contributed by atoms with E-state index < -0.39 is 137 Å². The molecule has 0 radical (unpaired) electrons. The number of phosphoric acid groups is 4. The van der Waals surface area contributed by atoms with Gasteiger partial charge in [-0.05, 0) is 0 Å². The largest absolute Gasteiger partial charge is 0.756 e. The van der Waals surface area contributed by atoms with Crippen molar-refractivity contribution >= 4 is 76.5 Å². The number of fused-ring (bicyclic) bond motifs is 3. The highest BCUT2D eigenvalue weighted by atomic mass is 31.3. The Kier molecular flexibility index (Phi) is 16.1. The highest BCUT2D eigenvalue weighted by molar-refractivity contribution is 7.65. The van der Waals surface area contributed by atoms with Gasteiger partial charge in [0.1, 0.15) is 61.2 Å². The smallest absolute Gasteiger partial charge is 0.472 e. The van der Waals surface area contributed by atoms with Crippen LogP contribution in [-0.4, -0.2) is 162 Å². The predicted octanol–water partition coefficient (Wildman–Crippen LogP) is -5.94. The molecule has 8 heterocycles. The molecule has 8 rings (SSSR count). The van der Waals surface area contributed by atoms with Crippen molar-refractivity contribution in [3.05, 3.63) is 52.3 Å². The van der Waals surface area contributed by atoms with Gasteiger partial charge in [0.2, 0.25) is 17.7 Å². The molecule has 406 valence electrons. The number of aliphatic hydroxyl groups is 4. The van der Waals surface area contributed by atoms with Crippen LogP contribution in [0.2, 0.25) is 0 Å². The molecule has 0 bridgehead atoms. The Morgan fingerprint density at radius 1 is 0.824 bits per heavy atom. The summed E-state index contributed by atoms with van der Waals surface area (Å²) in [6.45, 7) is -5.43. The lowest BCUT2D eigenvalue weighted by Crippen LogP contribution is -2.46. The average molecular weight is 1130 g/mol. The zero-order chi connectivity index (χ0) is 53.7. The number of methoxy groups -OCH3 is 1. The fraction of sp³-hybridized carbons (Fsp3) is 0.531. The first-order valence-electron chi connectivity index (χ1n) is 20.8. The number of aromatic nitrogens is 12. The minimum atomic E-state index is -6.55. The number of phosphoric ester groups is 3. The summed E-state index contributed by atoms with van der Waals surface area (Å²) in [7, 11) is -21.9. The maximum Gasteiger partial charge on any atom is 0.472 e. The van der Waals surface area contributed by atoms with E-state index in [1.807, 2.05) is 0 Å². The molecule has 2 aliphatic rings. The lowest BCUT2D eigenvalue weighted by Gasteiger charge is -2.35. The number of nitrogens with zero attached hydrogens (tertiary/aromatic N) is 10. The van der Waals surface area contributed by atoms with Gasteiger partial charge in [0.15, 0.2) is 47.7 Å². The summed E-state index contributed by atoms with van der Waals surface area (Å²) in [6.07, 6.45) is -11.2. The Bertz CT molecular complexity index is 3340. The van der Waals surface area contributed by atoms with E-state index in [9.17, 15) is 67.8 Å². The van der Waals surface area contributed by atoms with Crippen molar-refractivity contribution in [2.45, 2.75) is 61.4 Å². The van der Waals surface area contributed by atoms with Crippen molar-refractivity contribution in [2.75, 3.05) is 51.6 Å². The van der Waals surface area contributed by atoms with Crippen LogP contribution in [0.4, 0.5) is 11.8 Å². The Hall–Kier alpha value is -4.95. The third-order valence-electron chi connectivity index (χ3n) is 10.9. The number of anilines is 2. The van der Waals surface area contributed by atoms with Crippen molar-refractivity contribution in [1.29, 1.82) is 0 Å². The number of aromatic amines is 2. The molecule has 0 amide bonds. The highest BCUT2D eigenvalue weighted by Gasteiger charge is 2.52. The van der Waals surface area contributed by atoms with Crippen LogP contribution in [0.25, 0.3) is 33.5 Å². The SMILES string of the molecule is CO[C@H]1C(OP(=O)(O)OC[C@H]2O[C@@H](n3cnc4c(=O)[nH]c(N)nc43)[C@@H](O)C2O)[C@@H](COP(=O)([O-])OP(=O)([O-])OP(=O)([O-])OC[C@H](CO)O[C@H](CO)[n+]2cn(C)c3c(=O)[nH]cnc32)O[C@H]1n1cnc2c(N)ncnc21. The van der Waals surface area contributed by atoms with Crippen molar-refractivity contribution in [2.24, 2.45) is 7.05 Å². The van der Waals surface area contributed by atoms with Gasteiger partial charge in [-0.25, -0.2) is 37.7 Å². The molecule has 42 heteroatoms. The van der Waals surface area contributed by atoms with Crippen LogP contribution >= 0.6 is 31.3 Å². The number of nitrogens with two attached hydrogens (primary N) is 2. The first-order chi connectivity index (χ1) is 34.8. The van der Waals surface area contributed by atoms with E-state index in [1.54, 1.807) is 0 Å². The van der Waals surface area contributed by atoms with E-state index in [0.29, 0.717) is 0 Å². The molecular weight excluding hydrogens is 1090 g/mol. The molecule has 2 aliphatic heterocycles. The molecule has 2 saturated heterocycles. The Balaban J connectivity index is 0.932. The molecule has 0 spiro atoms. The minimum absolute atomic E-state index is 0.00720. The van der Waals surface area contributed by atoms with Gasteiger partial charge in [0.25, 0.3) is 34.6 Å². The third kappa shape index (κ3) is 11.7. The summed E-state index contributed by atoms with van der Waals surface area (Å²) in [5, 5.41) is 41.5. The fourth-order valence-electron chi connectivity index (χ4n) is 7.68. The average Bonchev–Trinajstić information content (AvgIpc) is 4.15. The van der Waals surface area contributed by atoms with Crippen LogP contribution < -0.4 is 41.8 Å². The number of imidazole rings is 3. The maximum absolute atomic E-state index is 13.6. The second-order valence-corrected chi connectivity index (χ2v) is 21.6. The van der Waals surface area contributed by atoms with Crippen LogP contribution in [0.3, 0.4) is 0 Å². The van der Waals surface area contributed by atoms with Crippen molar-refractivity contribution < 1.29 is 108 Å². The topological polar surface area (TPSA) is 545 Å². The number of nitrogen functional groups attached to an aromatic ring is 2. The van der Waals surface area contributed by atoms with Crippen LogP contribution in [0.15, 0.2) is 41.2 Å². The van der Waals surface area contributed by atoms with Crippen LogP contribution in [0.1, 0.15) is 18.7 Å². The standard InChI is InChI=1S/C32H44N14O24P4/c1-43-12-46(27-19(43)29(52)38-9-37-27)16(4-48)65-13(3-47)5-62-72(55,56)69-74(59,60)70-73(57,58)64-7-15-22(23(61-2)31(67-15)44-10-39-17-24(33)35-8-36-25(17)44)68-71(53,54)63-6-14-20(49)21(50)30(66-14)45-11-40-18-26(45)41-32(34)42-28(18)51/h8-16,20-23,30-31,47-50H,3-7H2,1-2H3,(H9-,33,34,35,36,37,38,41,42,51,52,53,54,55,56,57,58,59,60)/p-2/t13-,14+,15+,16+,20?,21-,22?,23-,30+,31+/m0/s1. The van der Waals surface area contributed by atoms with E-state index in [4.69, 9.17) is 44.0 Å². The van der Waals surface area contributed by atoms with Crippen LogP contribution in [0.5, 0.6) is 0 Å². The molecule has 11 N–H and O–H groups in total. The second kappa shape index (κ2) is 21.6. The molecule has 6 aromatic rings. The number of aliphatic hydroxyl groups excluding tert-OH is 4. The molecule has 6 aromatic heterocycles. The molecule has 74 heavy (non-hydrogen) atoms. The Morgan fingerprint density at radius 2 is 1.49 bits per heavy atom. The molecule has 38 nitrogen and oxygen atoms in total. The van der Waals surface area contributed by atoms with Crippen LogP contribution in [0, 0.1) is 0 Å². The normalized spacial score (nSPS) is 26.5. The zero-order valence-electron chi connectivity index (χ0n) is 37.6. The summed E-state index contributed by atoms with van der Waals surface area (Å²) < 4.78 is 107. The van der Waals surface area contributed by atoms with E-state index in [-0.39, 0.29) is 45.3 Å². The van der Waals surface area contributed by atoms with E-state index >= 15 is 0 Å². The predicted molar refractivity (Wildman–Crippen MR) is 230 cm³/mol. The number of aryl methyl sites for hydroxylation is 1. The molecule has 2 fully saturated rings. The highest BCUT2D eigenvalue weighted by Crippen LogP contribution is 2.63. The number of rotatable bonds is 23. The monoisotopic (exact) mass is 1130 g/mol. The van der Waals surface area contributed by atoms with Gasteiger partial charge in [-0.1, -0.05) is 4.98 Å². The summed E-state index contributed by atoms with van der Waals surface area (Å²) in [6, 6.07) is 0. The Labute approximate surface area is 410 Å². The molecule has 0 aliphatic carbocycles. The van der Waals surface area contributed by atoms with Gasteiger partial charge >= 0.3 is 13.5 Å². The van der Waals surface area contributed by atoms with Crippen LogP contribution in [-0.2, 0) is 71.0 Å². The Morgan fingerprint density at radius 3 is 2.18 bits per heavy atom. The fourth-order valence-corrected chi connectivity index (χ4v) is 12.0. The van der Waals surface area contributed by atoms with Gasteiger partial charge in [-0.3, -0.25) is 56.0 Å².